The van der Waals surface area contributed by atoms with E-state index in [1.54, 1.807) is 0 Å². The van der Waals surface area contributed by atoms with Crippen LogP contribution in [-0.2, 0) is 34.4 Å². The Labute approximate surface area is 196 Å². The Morgan fingerprint density at radius 3 is 2.47 bits per heavy atom. The maximum absolute atomic E-state index is 12.1. The zero-order valence-corrected chi connectivity index (χ0v) is 18.5. The molecule has 3 unspecified atom stereocenters. The fourth-order valence-electron chi connectivity index (χ4n) is 2.69. The molecule has 1 saturated heterocycles. The highest BCUT2D eigenvalue weighted by Gasteiger charge is 2.46. The van der Waals surface area contributed by atoms with E-state index < -0.39 is 68.8 Å². The van der Waals surface area contributed by atoms with Crippen LogP contribution in [0.3, 0.4) is 0 Å². The van der Waals surface area contributed by atoms with Crippen molar-refractivity contribution >= 4 is 19.7 Å². The highest BCUT2D eigenvalue weighted by atomic mass is 31.2. The van der Waals surface area contributed by atoms with Crippen molar-refractivity contribution in [3.8, 4) is 11.8 Å². The molecule has 3 N–H and O–H groups in total. The second-order valence-electron chi connectivity index (χ2n) is 6.96. The zero-order valence-electron chi connectivity index (χ0n) is 17.6. The van der Waals surface area contributed by atoms with Crippen molar-refractivity contribution in [3.63, 3.8) is 0 Å². The molecule has 0 aromatic carbocycles. The Hall–Kier alpha value is -3.13. The summed E-state index contributed by atoms with van der Waals surface area (Å²) >= 11 is 0. The van der Waals surface area contributed by atoms with Crippen molar-refractivity contribution < 1.29 is 59.2 Å². The number of alkyl halides is 6. The maximum Gasteiger partial charge on any atom is 0.529 e. The van der Waals surface area contributed by atoms with E-state index in [2.05, 4.69) is 20.9 Å². The molecule has 0 saturated carbocycles. The van der Waals surface area contributed by atoms with Gasteiger partial charge < -0.3 is 14.6 Å². The molecule has 0 spiro atoms. The Kier molecular flexibility index (Phi) is 9.13. The first-order valence-corrected chi connectivity index (χ1v) is 11.1. The number of amides is 1. The van der Waals surface area contributed by atoms with Gasteiger partial charge in [-0.05, 0) is 12.8 Å². The fraction of sp³-hybridized carbons (Fsp3) is 0.529. The molecule has 36 heavy (non-hydrogen) atoms. The lowest BCUT2D eigenvalue weighted by atomic mass is 10.2. The molecule has 12 nitrogen and oxygen atoms in total. The van der Waals surface area contributed by atoms with Gasteiger partial charge in [-0.2, -0.15) is 26.3 Å². The first-order valence-electron chi connectivity index (χ1n) is 9.58. The smallest absolute Gasteiger partial charge is 0.364 e. The lowest BCUT2D eigenvalue weighted by molar-refractivity contribution is -0.191. The average molecular weight is 551 g/mol. The van der Waals surface area contributed by atoms with E-state index in [-0.39, 0.29) is 24.8 Å². The van der Waals surface area contributed by atoms with Gasteiger partial charge in [0.2, 0.25) is 0 Å². The Bertz CT molecular complexity index is 1210. The predicted octanol–water partition coefficient (Wildman–Crippen LogP) is 0.661. The topological polar surface area (TPSA) is 166 Å². The van der Waals surface area contributed by atoms with Crippen molar-refractivity contribution in [2.75, 3.05) is 13.2 Å². The number of aromatic amines is 1. The summed E-state index contributed by atoms with van der Waals surface area (Å²) in [6, 6.07) is 0. The molecular formula is C17H16F6N3O9P. The van der Waals surface area contributed by atoms with Crippen LogP contribution in [0.4, 0.5) is 26.3 Å². The molecule has 2 rings (SSSR count). The number of ether oxygens (including phenoxy) is 1. The minimum absolute atomic E-state index is 0.0808. The molecule has 1 aliphatic rings. The number of aromatic nitrogens is 2. The van der Waals surface area contributed by atoms with Gasteiger partial charge >= 0.3 is 37.7 Å². The molecular weight excluding hydrogens is 535 g/mol. The number of phosphoric ester groups is 1. The molecule has 0 bridgehead atoms. The van der Waals surface area contributed by atoms with E-state index >= 15 is 0 Å². The standard InChI is InChI=1S/C17H16F6N3O9P/c18-16(19,20)13(28)24-6-2-1-3-9-7-26(15(30)25-12(9)27)11-5-4-10(34-11)8-33-36(31,32)35-14(29)17(21,22)23/h7,10-11H,3-6,8H2,(H,24,28)(H,31,32)(H,25,27,30). The van der Waals surface area contributed by atoms with Crippen molar-refractivity contribution in [2.45, 2.75) is 43.9 Å². The van der Waals surface area contributed by atoms with Crippen LogP contribution in [0, 0.1) is 11.8 Å². The molecule has 0 radical (unpaired) electrons. The number of carbonyl (C=O) groups is 2. The molecule has 1 aliphatic heterocycles. The lowest BCUT2D eigenvalue weighted by Crippen LogP contribution is -2.36. The summed E-state index contributed by atoms with van der Waals surface area (Å²) in [6.45, 7) is -1.44. The SMILES string of the molecule is O=C(NCC#CCc1cn(C2CCC(COP(=O)(O)OC(=O)C(F)(F)F)O2)c(=O)[nH]c1=O)C(F)(F)F. The van der Waals surface area contributed by atoms with Crippen molar-refractivity contribution in [1.29, 1.82) is 0 Å². The van der Waals surface area contributed by atoms with Crippen LogP contribution >= 0.6 is 7.82 Å². The van der Waals surface area contributed by atoms with Gasteiger partial charge in [0.1, 0.15) is 6.23 Å². The number of rotatable bonds is 7. The van der Waals surface area contributed by atoms with E-state index in [9.17, 15) is 55.0 Å². The third kappa shape index (κ3) is 8.52. The summed E-state index contributed by atoms with van der Waals surface area (Å²) in [5.74, 6) is -0.580. The minimum atomic E-state index is -5.53. The van der Waals surface area contributed by atoms with Gasteiger partial charge in [0.15, 0.2) is 0 Å². The average Bonchev–Trinajstić information content (AvgIpc) is 3.20. The van der Waals surface area contributed by atoms with Crippen molar-refractivity contribution in [3.05, 3.63) is 32.6 Å². The molecule has 2 heterocycles. The molecule has 1 aromatic rings. The van der Waals surface area contributed by atoms with Gasteiger partial charge in [0.25, 0.3) is 5.56 Å². The summed E-state index contributed by atoms with van der Waals surface area (Å²) in [5.41, 5.74) is -1.87. The number of hydrogen-bond donors (Lipinski definition) is 3. The molecule has 1 amide bonds. The third-order valence-corrected chi connectivity index (χ3v) is 5.16. The zero-order chi connectivity index (χ0) is 27.3. The van der Waals surface area contributed by atoms with Gasteiger partial charge in [-0.15, -0.1) is 0 Å². The van der Waals surface area contributed by atoms with Crippen molar-refractivity contribution in [1.82, 2.24) is 14.9 Å². The van der Waals surface area contributed by atoms with E-state index in [4.69, 9.17) is 4.74 Å². The Morgan fingerprint density at radius 2 is 1.86 bits per heavy atom. The highest BCUT2D eigenvalue weighted by molar-refractivity contribution is 7.48. The fourth-order valence-corrected chi connectivity index (χ4v) is 3.41. The first-order chi connectivity index (χ1) is 16.5. The second-order valence-corrected chi connectivity index (χ2v) is 8.34. The van der Waals surface area contributed by atoms with Crippen LogP contribution in [0.25, 0.3) is 0 Å². The molecule has 1 aromatic heterocycles. The maximum atomic E-state index is 12.1. The number of nitrogens with one attached hydrogen (secondary N) is 2. The van der Waals surface area contributed by atoms with Gasteiger partial charge in [0, 0.05) is 18.2 Å². The normalized spacial score (nSPS) is 19.6. The highest BCUT2D eigenvalue weighted by Crippen LogP contribution is 2.46. The quantitative estimate of drug-likeness (QED) is 0.251. The van der Waals surface area contributed by atoms with E-state index in [0.29, 0.717) is 0 Å². The minimum Gasteiger partial charge on any atom is -0.364 e. The second kappa shape index (κ2) is 11.3. The van der Waals surface area contributed by atoms with Gasteiger partial charge in [-0.25, -0.2) is 14.2 Å². The molecule has 3 atom stereocenters. The van der Waals surface area contributed by atoms with E-state index in [0.717, 1.165) is 10.8 Å². The van der Waals surface area contributed by atoms with Gasteiger partial charge in [-0.1, -0.05) is 11.8 Å². The molecule has 1 fully saturated rings. The Morgan fingerprint density at radius 1 is 1.19 bits per heavy atom. The molecule has 19 heteroatoms. The van der Waals surface area contributed by atoms with Gasteiger partial charge in [-0.3, -0.25) is 28.6 Å². The summed E-state index contributed by atoms with van der Waals surface area (Å²) in [5, 5.41) is 1.50. The Balaban J connectivity index is 1.98. The largest absolute Gasteiger partial charge is 0.529 e. The van der Waals surface area contributed by atoms with E-state index in [1.807, 2.05) is 4.98 Å². The predicted molar refractivity (Wildman–Crippen MR) is 103 cm³/mol. The third-order valence-electron chi connectivity index (χ3n) is 4.29. The number of nitrogens with zero attached hydrogens (tertiary/aromatic N) is 1. The van der Waals surface area contributed by atoms with Crippen molar-refractivity contribution in [2.24, 2.45) is 0 Å². The molecule has 0 aliphatic carbocycles. The van der Waals surface area contributed by atoms with Crippen LogP contribution in [0.15, 0.2) is 15.8 Å². The number of hydrogen-bond acceptors (Lipinski definition) is 8. The van der Waals surface area contributed by atoms with E-state index in [1.165, 1.54) is 5.32 Å². The van der Waals surface area contributed by atoms with Gasteiger partial charge in [0.05, 0.1) is 19.3 Å². The van der Waals surface area contributed by atoms with Crippen LogP contribution in [0.1, 0.15) is 24.6 Å². The number of halogens is 6. The lowest BCUT2D eigenvalue weighted by Gasteiger charge is -2.18. The van der Waals surface area contributed by atoms with Crippen LogP contribution in [0.5, 0.6) is 0 Å². The molecule has 200 valence electrons. The van der Waals surface area contributed by atoms with Crippen LogP contribution < -0.4 is 16.6 Å². The number of H-pyrrole nitrogens is 1. The van der Waals surface area contributed by atoms with Crippen LogP contribution in [0.2, 0.25) is 0 Å². The summed E-state index contributed by atoms with van der Waals surface area (Å²) in [4.78, 5) is 56.6. The first kappa shape index (κ1) is 29.1. The number of phosphoric acid groups is 1. The van der Waals surface area contributed by atoms with Crippen LogP contribution in [-0.4, -0.2) is 57.9 Å². The monoisotopic (exact) mass is 551 g/mol. The number of carbonyl (C=O) groups excluding carboxylic acids is 2. The summed E-state index contributed by atoms with van der Waals surface area (Å²) < 4.78 is 98.2. The summed E-state index contributed by atoms with van der Waals surface area (Å²) in [7, 11) is -5.42. The summed E-state index contributed by atoms with van der Waals surface area (Å²) in [6.07, 6.45) is -11.8.